The summed E-state index contributed by atoms with van der Waals surface area (Å²) in [6.07, 6.45) is 10.3. The van der Waals surface area contributed by atoms with Crippen LogP contribution in [0, 0.1) is 12.8 Å². The number of pyridine rings is 1. The van der Waals surface area contributed by atoms with Crippen molar-refractivity contribution >= 4 is 5.57 Å². The van der Waals surface area contributed by atoms with Gasteiger partial charge in [0.15, 0.2) is 0 Å². The Morgan fingerprint density at radius 3 is 2.79 bits per heavy atom. The minimum Gasteiger partial charge on any atom is -0.497 e. The Kier molecular flexibility index (Phi) is 6.35. The molecule has 146 valence electrons. The molecule has 0 bridgehead atoms. The number of aromatic nitrogens is 1. The van der Waals surface area contributed by atoms with Gasteiger partial charge < -0.3 is 9.47 Å². The SMILES string of the molecule is C=C(/C=C(\C=C/C)c1cc(COc2cc3c(cn2)CC(C)C3)ccc1C)OC. The van der Waals surface area contributed by atoms with Crippen LogP contribution < -0.4 is 4.74 Å². The molecule has 0 aliphatic heterocycles. The van der Waals surface area contributed by atoms with Crippen LogP contribution in [0.4, 0.5) is 0 Å². The van der Waals surface area contributed by atoms with E-state index in [0.717, 1.165) is 29.5 Å². The first kappa shape index (κ1) is 19.9. The molecule has 0 radical (unpaired) electrons. The maximum absolute atomic E-state index is 6.00. The van der Waals surface area contributed by atoms with Crippen LogP contribution in [0.25, 0.3) is 5.57 Å². The zero-order valence-electron chi connectivity index (χ0n) is 17.3. The molecule has 1 aliphatic rings. The monoisotopic (exact) mass is 375 g/mol. The Morgan fingerprint density at radius 1 is 1.25 bits per heavy atom. The summed E-state index contributed by atoms with van der Waals surface area (Å²) in [6.45, 7) is 10.8. The molecular weight excluding hydrogens is 346 g/mol. The molecule has 3 nitrogen and oxygen atoms in total. The van der Waals surface area contributed by atoms with Crippen LogP contribution in [0.5, 0.6) is 5.88 Å². The summed E-state index contributed by atoms with van der Waals surface area (Å²) in [6, 6.07) is 8.49. The molecule has 0 saturated carbocycles. The van der Waals surface area contributed by atoms with Crippen LogP contribution in [0.15, 0.2) is 61.0 Å². The number of fused-ring (bicyclic) bond motifs is 1. The topological polar surface area (TPSA) is 31.4 Å². The molecule has 1 unspecified atom stereocenters. The van der Waals surface area contributed by atoms with E-state index >= 15 is 0 Å². The summed E-state index contributed by atoms with van der Waals surface area (Å²) in [5.74, 6) is 2.03. The second-order valence-electron chi connectivity index (χ2n) is 7.51. The predicted octanol–water partition coefficient (Wildman–Crippen LogP) is 5.82. The fraction of sp³-hybridized carbons (Fsp3) is 0.320. The first-order valence-corrected chi connectivity index (χ1v) is 9.78. The minimum atomic E-state index is 0.489. The van der Waals surface area contributed by atoms with Gasteiger partial charge >= 0.3 is 0 Å². The quantitative estimate of drug-likeness (QED) is 0.451. The number of allylic oxidation sites excluding steroid dienone is 4. The average molecular weight is 376 g/mol. The highest BCUT2D eigenvalue weighted by Crippen LogP contribution is 2.28. The van der Waals surface area contributed by atoms with Crippen LogP contribution in [-0.2, 0) is 24.2 Å². The number of rotatable bonds is 7. The van der Waals surface area contributed by atoms with E-state index in [9.17, 15) is 0 Å². The normalized spacial score (nSPS) is 16.3. The number of aryl methyl sites for hydroxylation is 1. The molecule has 3 heteroatoms. The Bertz CT molecular complexity index is 924. The number of ether oxygens (including phenoxy) is 2. The van der Waals surface area contributed by atoms with Gasteiger partial charge in [-0.1, -0.05) is 37.8 Å². The second-order valence-corrected chi connectivity index (χ2v) is 7.51. The van der Waals surface area contributed by atoms with Crippen LogP contribution in [-0.4, -0.2) is 12.1 Å². The number of hydrogen-bond donors (Lipinski definition) is 0. The smallest absolute Gasteiger partial charge is 0.213 e. The lowest BCUT2D eigenvalue weighted by Crippen LogP contribution is -2.00. The van der Waals surface area contributed by atoms with Crippen molar-refractivity contribution in [2.75, 3.05) is 7.11 Å². The molecule has 0 saturated heterocycles. The third-order valence-corrected chi connectivity index (χ3v) is 5.12. The van der Waals surface area contributed by atoms with Crippen LogP contribution >= 0.6 is 0 Å². The molecule has 28 heavy (non-hydrogen) atoms. The number of benzene rings is 1. The van der Waals surface area contributed by atoms with E-state index in [1.807, 2.05) is 25.3 Å². The molecular formula is C25H29NO2. The van der Waals surface area contributed by atoms with Crippen molar-refractivity contribution in [2.45, 2.75) is 40.2 Å². The van der Waals surface area contributed by atoms with Gasteiger partial charge in [-0.3, -0.25) is 0 Å². The first-order chi connectivity index (χ1) is 13.5. The van der Waals surface area contributed by atoms with Gasteiger partial charge in [-0.25, -0.2) is 4.98 Å². The lowest BCUT2D eigenvalue weighted by atomic mass is 9.97. The van der Waals surface area contributed by atoms with Gasteiger partial charge in [0.05, 0.1) is 7.11 Å². The Labute approximate surface area is 168 Å². The molecule has 0 amide bonds. The fourth-order valence-corrected chi connectivity index (χ4v) is 3.63. The lowest BCUT2D eigenvalue weighted by molar-refractivity contribution is 0.293. The third kappa shape index (κ3) is 4.72. The molecule has 3 rings (SSSR count). The van der Waals surface area contributed by atoms with E-state index in [-0.39, 0.29) is 0 Å². The first-order valence-electron chi connectivity index (χ1n) is 9.78. The van der Waals surface area contributed by atoms with Crippen LogP contribution in [0.2, 0.25) is 0 Å². The lowest BCUT2D eigenvalue weighted by Gasteiger charge is -2.12. The van der Waals surface area contributed by atoms with Crippen molar-refractivity contribution < 1.29 is 9.47 Å². The zero-order valence-corrected chi connectivity index (χ0v) is 17.3. The van der Waals surface area contributed by atoms with Crippen LogP contribution in [0.1, 0.15) is 41.7 Å². The van der Waals surface area contributed by atoms with Gasteiger partial charge in [0.2, 0.25) is 5.88 Å². The molecule has 2 aromatic rings. The highest BCUT2D eigenvalue weighted by Gasteiger charge is 2.18. The summed E-state index contributed by atoms with van der Waals surface area (Å²) in [5, 5.41) is 0. The van der Waals surface area contributed by atoms with Crippen molar-refractivity contribution in [3.05, 3.63) is 88.8 Å². The molecule has 0 spiro atoms. The van der Waals surface area contributed by atoms with E-state index in [2.05, 4.69) is 55.8 Å². The van der Waals surface area contributed by atoms with Gasteiger partial charge in [0.1, 0.15) is 12.4 Å². The van der Waals surface area contributed by atoms with Gasteiger partial charge in [-0.15, -0.1) is 0 Å². The Morgan fingerprint density at radius 2 is 2.04 bits per heavy atom. The summed E-state index contributed by atoms with van der Waals surface area (Å²) < 4.78 is 11.2. The largest absolute Gasteiger partial charge is 0.497 e. The van der Waals surface area contributed by atoms with Crippen molar-refractivity contribution in [3.8, 4) is 5.88 Å². The highest BCUT2D eigenvalue weighted by atomic mass is 16.5. The van der Waals surface area contributed by atoms with Crippen molar-refractivity contribution in [1.29, 1.82) is 0 Å². The van der Waals surface area contributed by atoms with E-state index in [4.69, 9.17) is 9.47 Å². The van der Waals surface area contributed by atoms with Gasteiger partial charge in [0, 0.05) is 12.3 Å². The van der Waals surface area contributed by atoms with Gasteiger partial charge in [-0.2, -0.15) is 0 Å². The van der Waals surface area contributed by atoms with Crippen molar-refractivity contribution in [1.82, 2.24) is 4.98 Å². The summed E-state index contributed by atoms with van der Waals surface area (Å²) in [7, 11) is 1.63. The van der Waals surface area contributed by atoms with E-state index in [1.54, 1.807) is 7.11 Å². The number of nitrogens with zero attached hydrogens (tertiary/aromatic N) is 1. The Hall–Kier alpha value is -2.81. The third-order valence-electron chi connectivity index (χ3n) is 5.12. The minimum absolute atomic E-state index is 0.489. The van der Waals surface area contributed by atoms with Gasteiger partial charge in [-0.05, 0) is 78.1 Å². The standard InChI is InChI=1S/C25H29NO2/c1-6-7-21(12-19(4)27-5)24-13-20(9-8-18(24)3)16-28-25-14-22-10-17(2)11-23(22)15-26-25/h6-9,12-15,17H,4,10-11,16H2,1-3,5H3/b7-6-,21-12+. The number of hydrogen-bond acceptors (Lipinski definition) is 3. The predicted molar refractivity (Wildman–Crippen MR) is 115 cm³/mol. The number of methoxy groups -OCH3 is 1. The summed E-state index contributed by atoms with van der Waals surface area (Å²) >= 11 is 0. The van der Waals surface area contributed by atoms with E-state index in [0.29, 0.717) is 24.2 Å². The maximum atomic E-state index is 6.00. The van der Waals surface area contributed by atoms with E-state index < -0.39 is 0 Å². The fourth-order valence-electron chi connectivity index (χ4n) is 3.63. The molecule has 1 aromatic heterocycles. The molecule has 1 aliphatic carbocycles. The molecule has 1 heterocycles. The summed E-state index contributed by atoms with van der Waals surface area (Å²) in [4.78, 5) is 4.48. The second kappa shape index (κ2) is 8.92. The Balaban J connectivity index is 1.79. The average Bonchev–Trinajstić information content (AvgIpc) is 3.06. The van der Waals surface area contributed by atoms with Crippen molar-refractivity contribution in [3.63, 3.8) is 0 Å². The van der Waals surface area contributed by atoms with Gasteiger partial charge in [0.25, 0.3) is 0 Å². The molecule has 0 fully saturated rings. The highest BCUT2D eigenvalue weighted by molar-refractivity contribution is 5.77. The maximum Gasteiger partial charge on any atom is 0.213 e. The molecule has 1 aromatic carbocycles. The van der Waals surface area contributed by atoms with E-state index in [1.165, 1.54) is 16.7 Å². The molecule has 1 atom stereocenters. The molecule has 0 N–H and O–H groups in total. The summed E-state index contributed by atoms with van der Waals surface area (Å²) in [5.41, 5.74) is 7.25. The van der Waals surface area contributed by atoms with Crippen molar-refractivity contribution in [2.24, 2.45) is 5.92 Å². The van der Waals surface area contributed by atoms with Crippen LogP contribution in [0.3, 0.4) is 0 Å². The zero-order chi connectivity index (χ0) is 20.1.